The number of hydrogen-bond donors (Lipinski definition) is 0. The molecule has 1 aliphatic rings. The number of benzene rings is 1. The van der Waals surface area contributed by atoms with E-state index in [1.54, 1.807) is 11.0 Å². The third kappa shape index (κ3) is 2.69. The first-order chi connectivity index (χ1) is 11.6. The summed E-state index contributed by atoms with van der Waals surface area (Å²) >= 11 is 3.49. The Hall–Kier alpha value is -2.28. The molecule has 1 saturated carbocycles. The Kier molecular flexibility index (Phi) is 3.80. The highest BCUT2D eigenvalue weighted by Crippen LogP contribution is 2.42. The normalized spacial score (nSPS) is 15.4. The highest BCUT2D eigenvalue weighted by Gasteiger charge is 2.33. The highest BCUT2D eigenvalue weighted by atomic mass is 79.9. The first kappa shape index (κ1) is 15.3. The van der Waals surface area contributed by atoms with E-state index in [2.05, 4.69) is 31.2 Å². The molecule has 6 nitrogen and oxygen atoms in total. The zero-order valence-corrected chi connectivity index (χ0v) is 14.6. The molecule has 2 heterocycles. The molecule has 4 rings (SSSR count). The van der Waals surface area contributed by atoms with Crippen LogP contribution in [-0.2, 0) is 0 Å². The number of rotatable bonds is 5. The number of ketones is 1. The van der Waals surface area contributed by atoms with Crippen LogP contribution in [0.5, 0.6) is 0 Å². The lowest BCUT2D eigenvalue weighted by atomic mass is 9.94. The van der Waals surface area contributed by atoms with Crippen LogP contribution < -0.4 is 0 Å². The average molecular weight is 387 g/mol. The minimum absolute atomic E-state index is 0.0624. The Bertz CT molecular complexity index is 884. The van der Waals surface area contributed by atoms with E-state index in [1.165, 1.54) is 12.5 Å². The first-order valence-corrected chi connectivity index (χ1v) is 8.57. The van der Waals surface area contributed by atoms with Gasteiger partial charge in [0.2, 0.25) is 0 Å². The van der Waals surface area contributed by atoms with E-state index in [9.17, 15) is 4.79 Å². The molecule has 24 heavy (non-hydrogen) atoms. The van der Waals surface area contributed by atoms with Gasteiger partial charge < -0.3 is 4.52 Å². The van der Waals surface area contributed by atoms with Crippen molar-refractivity contribution in [2.75, 3.05) is 0 Å². The van der Waals surface area contributed by atoms with Crippen molar-refractivity contribution in [1.29, 1.82) is 0 Å². The second-order valence-corrected chi connectivity index (χ2v) is 6.91. The number of aromatic nitrogens is 4. The van der Waals surface area contributed by atoms with Crippen LogP contribution >= 0.6 is 15.9 Å². The highest BCUT2D eigenvalue weighted by molar-refractivity contribution is 9.10. The quantitative estimate of drug-likeness (QED) is 0.624. The zero-order valence-electron chi connectivity index (χ0n) is 13.0. The average Bonchev–Trinajstić information content (AvgIpc) is 3.10. The van der Waals surface area contributed by atoms with Crippen molar-refractivity contribution in [1.82, 2.24) is 19.9 Å². The summed E-state index contributed by atoms with van der Waals surface area (Å²) in [5, 5.41) is 8.03. The molecule has 122 valence electrons. The van der Waals surface area contributed by atoms with Crippen molar-refractivity contribution in [3.63, 3.8) is 0 Å². The number of carbonyl (C=O) groups excluding carboxylic acids is 1. The Labute approximate surface area is 147 Å². The first-order valence-electron chi connectivity index (χ1n) is 7.78. The van der Waals surface area contributed by atoms with Gasteiger partial charge in [0.25, 0.3) is 0 Å². The molecule has 0 bridgehead atoms. The number of nitrogens with zero attached hydrogens (tertiary/aromatic N) is 4. The van der Waals surface area contributed by atoms with Crippen LogP contribution in [0, 0.1) is 0 Å². The van der Waals surface area contributed by atoms with Crippen LogP contribution in [0.25, 0.3) is 0 Å². The fourth-order valence-electron chi connectivity index (χ4n) is 2.85. The molecule has 1 aliphatic carbocycles. The molecule has 0 aliphatic heterocycles. The third-order valence-electron chi connectivity index (χ3n) is 4.33. The lowest BCUT2D eigenvalue weighted by Crippen LogP contribution is -2.14. The molecule has 3 aromatic rings. The molecule has 7 heteroatoms. The van der Waals surface area contributed by atoms with Crippen LogP contribution in [0.15, 0.2) is 46.0 Å². The Morgan fingerprint density at radius 2 is 2.21 bits per heavy atom. The van der Waals surface area contributed by atoms with Crippen molar-refractivity contribution in [3.8, 4) is 0 Å². The van der Waals surface area contributed by atoms with Crippen molar-refractivity contribution >= 4 is 21.7 Å². The Balaban J connectivity index is 1.77. The molecular formula is C17H15BrN4O2. The topological polar surface area (TPSA) is 73.8 Å². The van der Waals surface area contributed by atoms with E-state index < -0.39 is 0 Å². The molecular weight excluding hydrogens is 372 g/mol. The van der Waals surface area contributed by atoms with Gasteiger partial charge in [0, 0.05) is 16.0 Å². The summed E-state index contributed by atoms with van der Waals surface area (Å²) in [6.45, 7) is 1.99. The molecule has 0 spiro atoms. The second kappa shape index (κ2) is 5.98. The minimum atomic E-state index is -0.117. The molecule has 1 unspecified atom stereocenters. The molecule has 1 fully saturated rings. The molecule has 1 aromatic carbocycles. The van der Waals surface area contributed by atoms with Gasteiger partial charge in [-0.25, -0.2) is 9.67 Å². The SMILES string of the molecule is CC(c1cc(Br)ccc1C(=O)c1cnoc1C1CC1)n1cncn1. The second-order valence-electron chi connectivity index (χ2n) is 5.99. The maximum Gasteiger partial charge on any atom is 0.198 e. The standard InChI is InChI=1S/C17H15BrN4O2/c1-10(22-9-19-8-20-22)14-6-12(18)4-5-13(14)16(23)15-7-21-24-17(15)11-2-3-11/h4-11H,2-3H2,1H3. The molecule has 0 radical (unpaired) electrons. The van der Waals surface area contributed by atoms with Gasteiger partial charge in [0.1, 0.15) is 12.7 Å². The molecule has 0 amide bonds. The van der Waals surface area contributed by atoms with Crippen LogP contribution in [-0.4, -0.2) is 25.7 Å². The third-order valence-corrected chi connectivity index (χ3v) is 4.83. The Morgan fingerprint density at radius 1 is 1.38 bits per heavy atom. The maximum absolute atomic E-state index is 13.1. The number of hydrogen-bond acceptors (Lipinski definition) is 5. The predicted octanol–water partition coefficient (Wildman–Crippen LogP) is 3.75. The summed E-state index contributed by atoms with van der Waals surface area (Å²) < 4.78 is 7.96. The maximum atomic E-state index is 13.1. The van der Waals surface area contributed by atoms with E-state index >= 15 is 0 Å². The monoisotopic (exact) mass is 386 g/mol. The number of carbonyl (C=O) groups is 1. The van der Waals surface area contributed by atoms with Crippen LogP contribution in [0.3, 0.4) is 0 Å². The summed E-state index contributed by atoms with van der Waals surface area (Å²) in [4.78, 5) is 17.1. The summed E-state index contributed by atoms with van der Waals surface area (Å²) in [6.07, 6.45) is 6.77. The summed E-state index contributed by atoms with van der Waals surface area (Å²) in [5.41, 5.74) is 2.07. The molecule has 1 atom stereocenters. The Morgan fingerprint density at radius 3 is 2.92 bits per heavy atom. The smallest absolute Gasteiger partial charge is 0.198 e. The van der Waals surface area contributed by atoms with Crippen molar-refractivity contribution < 1.29 is 9.32 Å². The van der Waals surface area contributed by atoms with Gasteiger partial charge in [0.05, 0.1) is 17.8 Å². The summed E-state index contributed by atoms with van der Waals surface area (Å²) in [5.74, 6) is 0.980. The summed E-state index contributed by atoms with van der Waals surface area (Å²) in [6, 6.07) is 5.53. The van der Waals surface area contributed by atoms with E-state index in [1.807, 2.05) is 25.1 Å². The predicted molar refractivity (Wildman–Crippen MR) is 89.9 cm³/mol. The van der Waals surface area contributed by atoms with Crippen LogP contribution in [0.1, 0.15) is 59.0 Å². The van der Waals surface area contributed by atoms with Crippen molar-refractivity contribution in [2.24, 2.45) is 0 Å². The largest absolute Gasteiger partial charge is 0.360 e. The lowest BCUT2D eigenvalue weighted by Gasteiger charge is -2.16. The van der Waals surface area contributed by atoms with Crippen molar-refractivity contribution in [3.05, 3.63) is 64.0 Å². The fraction of sp³-hybridized carbons (Fsp3) is 0.294. The molecule has 2 aromatic heterocycles. The van der Waals surface area contributed by atoms with E-state index in [-0.39, 0.29) is 11.8 Å². The molecule has 0 N–H and O–H groups in total. The molecule has 0 saturated heterocycles. The van der Waals surface area contributed by atoms with Gasteiger partial charge >= 0.3 is 0 Å². The minimum Gasteiger partial charge on any atom is -0.360 e. The zero-order chi connectivity index (χ0) is 16.7. The lowest BCUT2D eigenvalue weighted by molar-refractivity contribution is 0.103. The van der Waals surface area contributed by atoms with E-state index in [4.69, 9.17) is 4.52 Å². The van der Waals surface area contributed by atoms with Crippen LogP contribution in [0.4, 0.5) is 0 Å². The summed E-state index contributed by atoms with van der Waals surface area (Å²) in [7, 11) is 0. The van der Waals surface area contributed by atoms with Gasteiger partial charge in [-0.05, 0) is 43.5 Å². The van der Waals surface area contributed by atoms with Gasteiger partial charge in [-0.2, -0.15) is 5.10 Å². The van der Waals surface area contributed by atoms with Crippen molar-refractivity contribution in [2.45, 2.75) is 31.7 Å². The van der Waals surface area contributed by atoms with Crippen LogP contribution in [0.2, 0.25) is 0 Å². The van der Waals surface area contributed by atoms with E-state index in [0.29, 0.717) is 22.8 Å². The number of halogens is 1. The van der Waals surface area contributed by atoms with Gasteiger partial charge in [-0.3, -0.25) is 4.79 Å². The van der Waals surface area contributed by atoms with Gasteiger partial charge in [-0.15, -0.1) is 0 Å². The fourth-order valence-corrected chi connectivity index (χ4v) is 3.23. The van der Waals surface area contributed by atoms with Gasteiger partial charge in [-0.1, -0.05) is 21.1 Å². The van der Waals surface area contributed by atoms with Gasteiger partial charge in [0.15, 0.2) is 11.5 Å². The van der Waals surface area contributed by atoms with E-state index in [0.717, 1.165) is 22.9 Å².